The number of hydrogen-bond acceptors (Lipinski definition) is 8. The minimum Gasteiger partial charge on any atom is -0.491 e. The number of aromatic amines is 1. The first-order valence-electron chi connectivity index (χ1n) is 11.7. The Morgan fingerprint density at radius 2 is 1.85 bits per heavy atom. The Morgan fingerprint density at radius 3 is 2.54 bits per heavy atom. The van der Waals surface area contributed by atoms with E-state index in [1.165, 1.54) is 43.9 Å². The van der Waals surface area contributed by atoms with E-state index in [1.54, 1.807) is 26.0 Å². The quantitative estimate of drug-likeness (QED) is 0.263. The SMILES string of the molecule is COc1cc2nccc(Oc3ccc(NC(=O)c4c(C)[nH]c(C)c(-c5ccsc5)c4=O)cc3F)c2nc1OC. The van der Waals surface area contributed by atoms with Gasteiger partial charge in [0, 0.05) is 47.0 Å². The lowest BCUT2D eigenvalue weighted by molar-refractivity contribution is 0.102. The molecule has 0 aliphatic carbocycles. The molecular formula is C28H23FN4O5S. The first kappa shape index (κ1) is 25.9. The molecule has 0 aliphatic rings. The van der Waals surface area contributed by atoms with Gasteiger partial charge in [-0.05, 0) is 48.4 Å². The van der Waals surface area contributed by atoms with E-state index in [0.717, 1.165) is 11.6 Å². The minimum absolute atomic E-state index is 0.0405. The zero-order chi connectivity index (χ0) is 27.7. The molecule has 5 aromatic rings. The zero-order valence-corrected chi connectivity index (χ0v) is 22.2. The van der Waals surface area contributed by atoms with Crippen LogP contribution in [-0.2, 0) is 0 Å². The molecule has 9 nitrogen and oxygen atoms in total. The van der Waals surface area contributed by atoms with Gasteiger partial charge in [-0.15, -0.1) is 0 Å². The first-order chi connectivity index (χ1) is 18.8. The van der Waals surface area contributed by atoms with Crippen LogP contribution in [0, 0.1) is 19.7 Å². The maximum Gasteiger partial charge on any atom is 0.261 e. The molecule has 0 unspecified atom stereocenters. The van der Waals surface area contributed by atoms with Crippen LogP contribution in [0.4, 0.5) is 10.1 Å². The van der Waals surface area contributed by atoms with Gasteiger partial charge < -0.3 is 24.5 Å². The summed E-state index contributed by atoms with van der Waals surface area (Å²) in [6, 6.07) is 8.98. The Kier molecular flexibility index (Phi) is 6.99. The van der Waals surface area contributed by atoms with E-state index >= 15 is 4.39 Å². The third-order valence-corrected chi connectivity index (χ3v) is 6.73. The van der Waals surface area contributed by atoms with E-state index in [-0.39, 0.29) is 28.6 Å². The first-order valence-corrected chi connectivity index (χ1v) is 12.7. The van der Waals surface area contributed by atoms with Crippen molar-refractivity contribution < 1.29 is 23.4 Å². The number of rotatable bonds is 7. The summed E-state index contributed by atoms with van der Waals surface area (Å²) in [5, 5.41) is 6.32. The molecule has 11 heteroatoms. The second-order valence-electron chi connectivity index (χ2n) is 8.54. The number of amides is 1. The van der Waals surface area contributed by atoms with Gasteiger partial charge in [-0.1, -0.05) is 0 Å². The smallest absolute Gasteiger partial charge is 0.261 e. The average molecular weight is 547 g/mol. The third kappa shape index (κ3) is 4.91. The number of thiophene rings is 1. The van der Waals surface area contributed by atoms with Gasteiger partial charge in [0.15, 0.2) is 23.1 Å². The summed E-state index contributed by atoms with van der Waals surface area (Å²) < 4.78 is 31.4. The molecule has 0 radical (unpaired) electrons. The lowest BCUT2D eigenvalue weighted by Gasteiger charge is -2.13. The van der Waals surface area contributed by atoms with Gasteiger partial charge in [0.05, 0.1) is 19.7 Å². The molecule has 2 N–H and O–H groups in total. The van der Waals surface area contributed by atoms with E-state index in [4.69, 9.17) is 14.2 Å². The van der Waals surface area contributed by atoms with E-state index in [9.17, 15) is 9.59 Å². The van der Waals surface area contributed by atoms with Crippen molar-refractivity contribution in [3.8, 4) is 34.3 Å². The number of halogens is 1. The molecule has 0 spiro atoms. The molecule has 5 rings (SSSR count). The van der Waals surface area contributed by atoms with Crippen LogP contribution in [0.25, 0.3) is 22.2 Å². The highest BCUT2D eigenvalue weighted by atomic mass is 32.1. The normalized spacial score (nSPS) is 10.9. The molecule has 0 atom stereocenters. The highest BCUT2D eigenvalue weighted by molar-refractivity contribution is 7.08. The molecule has 198 valence electrons. The predicted molar refractivity (Wildman–Crippen MR) is 147 cm³/mol. The molecule has 1 aromatic carbocycles. The van der Waals surface area contributed by atoms with Gasteiger partial charge in [0.25, 0.3) is 11.8 Å². The largest absolute Gasteiger partial charge is 0.491 e. The summed E-state index contributed by atoms with van der Waals surface area (Å²) >= 11 is 1.45. The molecule has 0 saturated carbocycles. The number of anilines is 1. The number of H-pyrrole nitrogens is 1. The number of fused-ring (bicyclic) bond motifs is 1. The highest BCUT2D eigenvalue weighted by Crippen LogP contribution is 2.35. The molecule has 0 saturated heterocycles. The third-order valence-electron chi connectivity index (χ3n) is 6.05. The molecule has 0 bridgehead atoms. The van der Waals surface area contributed by atoms with Gasteiger partial charge >= 0.3 is 0 Å². The zero-order valence-electron chi connectivity index (χ0n) is 21.4. The maximum atomic E-state index is 15.1. The summed E-state index contributed by atoms with van der Waals surface area (Å²) in [5.41, 5.74) is 2.77. The number of aromatic nitrogens is 3. The average Bonchev–Trinajstić information content (AvgIpc) is 3.43. The predicted octanol–water partition coefficient (Wildman–Crippen LogP) is 5.86. The Labute approximate surface area is 226 Å². The van der Waals surface area contributed by atoms with Crippen LogP contribution in [0.2, 0.25) is 0 Å². The highest BCUT2D eigenvalue weighted by Gasteiger charge is 2.21. The van der Waals surface area contributed by atoms with E-state index in [1.807, 2.05) is 16.8 Å². The van der Waals surface area contributed by atoms with Crippen LogP contribution in [0.15, 0.2) is 58.1 Å². The number of nitrogens with zero attached hydrogens (tertiary/aromatic N) is 2. The molecule has 0 fully saturated rings. The number of methoxy groups -OCH3 is 2. The van der Waals surface area contributed by atoms with Gasteiger partial charge in [0.1, 0.15) is 11.1 Å². The summed E-state index contributed by atoms with van der Waals surface area (Å²) in [4.78, 5) is 38.1. The molecular weight excluding hydrogens is 523 g/mol. The van der Waals surface area contributed by atoms with Crippen molar-refractivity contribution in [1.82, 2.24) is 15.0 Å². The second kappa shape index (κ2) is 10.5. The number of ether oxygens (including phenoxy) is 3. The molecule has 0 aliphatic heterocycles. The van der Waals surface area contributed by atoms with Crippen LogP contribution >= 0.6 is 11.3 Å². The lowest BCUT2D eigenvalue weighted by atomic mass is 10.0. The monoisotopic (exact) mass is 546 g/mol. The van der Waals surface area contributed by atoms with Crippen molar-refractivity contribution in [2.75, 3.05) is 19.5 Å². The summed E-state index contributed by atoms with van der Waals surface area (Å²) in [5.74, 6) is -0.605. The number of carbonyl (C=O) groups excluding carboxylic acids is 1. The molecule has 1 amide bonds. The Hall–Kier alpha value is -4.77. The molecule has 39 heavy (non-hydrogen) atoms. The van der Waals surface area contributed by atoms with Crippen LogP contribution in [-0.4, -0.2) is 35.1 Å². The second-order valence-corrected chi connectivity index (χ2v) is 9.32. The fourth-order valence-corrected chi connectivity index (χ4v) is 4.91. The van der Waals surface area contributed by atoms with Crippen LogP contribution in [0.5, 0.6) is 23.1 Å². The van der Waals surface area contributed by atoms with Crippen molar-refractivity contribution in [2.45, 2.75) is 13.8 Å². The Balaban J connectivity index is 1.42. The number of benzene rings is 1. The van der Waals surface area contributed by atoms with Crippen LogP contribution in [0.3, 0.4) is 0 Å². The molecule has 4 aromatic heterocycles. The fraction of sp³-hybridized carbons (Fsp3) is 0.143. The van der Waals surface area contributed by atoms with Gasteiger partial charge in [-0.3, -0.25) is 14.6 Å². The van der Waals surface area contributed by atoms with Crippen molar-refractivity contribution in [1.29, 1.82) is 0 Å². The fourth-order valence-electron chi connectivity index (χ4n) is 4.26. The van der Waals surface area contributed by atoms with Crippen LogP contribution < -0.4 is 25.0 Å². The van der Waals surface area contributed by atoms with E-state index < -0.39 is 17.2 Å². The van der Waals surface area contributed by atoms with Crippen LogP contribution in [0.1, 0.15) is 21.7 Å². The summed E-state index contributed by atoms with van der Waals surface area (Å²) in [7, 11) is 2.94. The van der Waals surface area contributed by atoms with Crippen molar-refractivity contribution in [3.63, 3.8) is 0 Å². The number of pyridine rings is 3. The minimum atomic E-state index is -0.730. The number of aryl methyl sites for hydroxylation is 2. The van der Waals surface area contributed by atoms with E-state index in [0.29, 0.717) is 33.7 Å². The van der Waals surface area contributed by atoms with Crippen molar-refractivity contribution >= 4 is 34.0 Å². The topological polar surface area (TPSA) is 115 Å². The van der Waals surface area contributed by atoms with Gasteiger partial charge in [-0.25, -0.2) is 9.37 Å². The van der Waals surface area contributed by atoms with Crippen molar-refractivity contribution in [2.24, 2.45) is 0 Å². The van der Waals surface area contributed by atoms with E-state index in [2.05, 4.69) is 20.3 Å². The number of nitrogens with one attached hydrogen (secondary N) is 2. The summed E-state index contributed by atoms with van der Waals surface area (Å²) in [6.45, 7) is 3.43. The number of hydrogen-bond donors (Lipinski definition) is 2. The summed E-state index contributed by atoms with van der Waals surface area (Å²) in [6.07, 6.45) is 1.50. The van der Waals surface area contributed by atoms with Gasteiger partial charge in [0.2, 0.25) is 5.43 Å². The lowest BCUT2D eigenvalue weighted by Crippen LogP contribution is -2.26. The van der Waals surface area contributed by atoms with Crippen molar-refractivity contribution in [3.05, 3.63) is 86.3 Å². The Morgan fingerprint density at radius 1 is 1.03 bits per heavy atom. The van der Waals surface area contributed by atoms with Gasteiger partial charge in [-0.2, -0.15) is 11.3 Å². The number of carbonyl (C=O) groups is 1. The molecule has 4 heterocycles. The standard InChI is InChI=1S/C28H23FN4O5S/c1-14-23(16-8-10-39-13-16)26(34)24(15(2)31-14)27(35)32-17-5-6-20(18(29)11-17)38-21-7-9-30-19-12-22(36-3)28(37-4)33-25(19)21/h5-13H,1-4H3,(H,31,34)(H,32,35). The maximum absolute atomic E-state index is 15.1. The Bertz CT molecular complexity index is 1770.